The predicted octanol–water partition coefficient (Wildman–Crippen LogP) is 3.35. The lowest BCUT2D eigenvalue weighted by molar-refractivity contribution is -0.121. The third kappa shape index (κ3) is 6.03. The second kappa shape index (κ2) is 11.0. The second-order valence-corrected chi connectivity index (χ2v) is 7.76. The molecule has 2 aromatic carbocycles. The van der Waals surface area contributed by atoms with Crippen LogP contribution in [0.3, 0.4) is 0 Å². The van der Waals surface area contributed by atoms with Gasteiger partial charge in [0, 0.05) is 44.2 Å². The lowest BCUT2D eigenvalue weighted by atomic mass is 9.74. The Bertz CT molecular complexity index is 928. The molecule has 0 spiro atoms. The summed E-state index contributed by atoms with van der Waals surface area (Å²) in [6, 6.07) is 10.7. The molecule has 1 heterocycles. The van der Waals surface area contributed by atoms with E-state index in [0.29, 0.717) is 32.4 Å². The van der Waals surface area contributed by atoms with Crippen molar-refractivity contribution in [3.05, 3.63) is 65.2 Å². The number of halogens is 2. The predicted molar refractivity (Wildman–Crippen MR) is 116 cm³/mol. The lowest BCUT2D eigenvalue weighted by Crippen LogP contribution is -2.45. The van der Waals surface area contributed by atoms with Crippen molar-refractivity contribution >= 4 is 11.8 Å². The van der Waals surface area contributed by atoms with Crippen LogP contribution in [0.4, 0.5) is 8.78 Å². The summed E-state index contributed by atoms with van der Waals surface area (Å²) >= 11 is 0. The summed E-state index contributed by atoms with van der Waals surface area (Å²) in [6.07, 6.45) is 1.61. The van der Waals surface area contributed by atoms with E-state index in [9.17, 15) is 18.4 Å². The molecule has 0 atom stereocenters. The molecule has 0 saturated carbocycles. The van der Waals surface area contributed by atoms with Crippen molar-refractivity contribution in [3.8, 4) is 5.75 Å². The van der Waals surface area contributed by atoms with Crippen LogP contribution < -0.4 is 15.4 Å². The van der Waals surface area contributed by atoms with Crippen LogP contribution in [-0.4, -0.2) is 44.7 Å². The Morgan fingerprint density at radius 1 is 1.06 bits per heavy atom. The van der Waals surface area contributed by atoms with E-state index in [2.05, 4.69) is 10.6 Å². The first kappa shape index (κ1) is 23.7. The number of ether oxygens (including phenoxy) is 2. The molecule has 1 fully saturated rings. The van der Waals surface area contributed by atoms with Gasteiger partial charge in [0.05, 0.1) is 12.2 Å². The van der Waals surface area contributed by atoms with Crippen LogP contribution in [0.15, 0.2) is 42.5 Å². The topological polar surface area (TPSA) is 76.7 Å². The van der Waals surface area contributed by atoms with Crippen LogP contribution in [0.2, 0.25) is 0 Å². The number of carbonyl (C=O) groups excluding carboxylic acids is 2. The molecule has 0 unspecified atom stereocenters. The Morgan fingerprint density at radius 2 is 1.78 bits per heavy atom. The smallest absolute Gasteiger partial charge is 0.254 e. The average Bonchev–Trinajstić information content (AvgIpc) is 2.79. The van der Waals surface area contributed by atoms with Crippen molar-refractivity contribution < 1.29 is 27.8 Å². The van der Waals surface area contributed by atoms with Crippen molar-refractivity contribution in [3.63, 3.8) is 0 Å². The van der Waals surface area contributed by atoms with Crippen molar-refractivity contribution in [1.82, 2.24) is 10.6 Å². The first-order valence-corrected chi connectivity index (χ1v) is 10.7. The summed E-state index contributed by atoms with van der Waals surface area (Å²) in [6.45, 7) is 4.25. The van der Waals surface area contributed by atoms with Gasteiger partial charge in [-0.3, -0.25) is 9.59 Å². The summed E-state index contributed by atoms with van der Waals surface area (Å²) in [4.78, 5) is 24.4. The van der Waals surface area contributed by atoms with E-state index in [4.69, 9.17) is 9.47 Å². The molecule has 2 N–H and O–H groups in total. The van der Waals surface area contributed by atoms with Crippen LogP contribution in [0.1, 0.15) is 42.1 Å². The Hall–Kier alpha value is -3.00. The minimum Gasteiger partial charge on any atom is -0.494 e. The van der Waals surface area contributed by atoms with Gasteiger partial charge in [0.1, 0.15) is 17.4 Å². The van der Waals surface area contributed by atoms with Gasteiger partial charge in [-0.2, -0.15) is 0 Å². The maximum absolute atomic E-state index is 13.7. The highest BCUT2D eigenvalue weighted by Gasteiger charge is 2.34. The average molecular weight is 446 g/mol. The zero-order chi connectivity index (χ0) is 23.0. The van der Waals surface area contributed by atoms with Crippen LogP contribution in [-0.2, 0) is 14.9 Å². The fourth-order valence-corrected chi connectivity index (χ4v) is 3.82. The SMILES string of the molecule is CCOc1ccc(C2(CNC(=O)CCNC(=O)c3ccc(F)cc3F)CCOCC2)cc1. The molecule has 0 bridgehead atoms. The molecular formula is C24H28F2N2O4. The molecule has 6 nitrogen and oxygen atoms in total. The molecule has 2 aromatic rings. The molecule has 32 heavy (non-hydrogen) atoms. The molecule has 0 aromatic heterocycles. The van der Waals surface area contributed by atoms with Gasteiger partial charge in [-0.1, -0.05) is 12.1 Å². The van der Waals surface area contributed by atoms with E-state index in [-0.39, 0.29) is 29.9 Å². The first-order chi connectivity index (χ1) is 15.4. The number of nitrogens with one attached hydrogen (secondary N) is 2. The molecule has 0 aliphatic carbocycles. The van der Waals surface area contributed by atoms with Crippen molar-refractivity contribution in [1.29, 1.82) is 0 Å². The van der Waals surface area contributed by atoms with Crippen LogP contribution in [0.5, 0.6) is 5.75 Å². The maximum atomic E-state index is 13.7. The van der Waals surface area contributed by atoms with Crippen LogP contribution in [0, 0.1) is 11.6 Å². The minimum atomic E-state index is -0.941. The van der Waals surface area contributed by atoms with Gasteiger partial charge in [0.25, 0.3) is 5.91 Å². The number of carbonyl (C=O) groups is 2. The molecule has 1 saturated heterocycles. The fraction of sp³-hybridized carbons (Fsp3) is 0.417. The molecule has 172 valence electrons. The van der Waals surface area contributed by atoms with Crippen LogP contribution >= 0.6 is 0 Å². The molecule has 0 radical (unpaired) electrons. The van der Waals surface area contributed by atoms with Crippen LogP contribution in [0.25, 0.3) is 0 Å². The zero-order valence-electron chi connectivity index (χ0n) is 18.1. The van der Waals surface area contributed by atoms with E-state index in [1.54, 1.807) is 0 Å². The van der Waals surface area contributed by atoms with E-state index in [1.165, 1.54) is 0 Å². The molecule has 8 heteroatoms. The van der Waals surface area contributed by atoms with E-state index >= 15 is 0 Å². The first-order valence-electron chi connectivity index (χ1n) is 10.7. The maximum Gasteiger partial charge on any atom is 0.254 e. The monoisotopic (exact) mass is 446 g/mol. The molecule has 1 aliphatic rings. The third-order valence-electron chi connectivity index (χ3n) is 5.66. The van der Waals surface area contributed by atoms with Gasteiger partial charge < -0.3 is 20.1 Å². The van der Waals surface area contributed by atoms with E-state index in [1.807, 2.05) is 31.2 Å². The highest BCUT2D eigenvalue weighted by molar-refractivity contribution is 5.94. The summed E-state index contributed by atoms with van der Waals surface area (Å²) in [5.41, 5.74) is 0.618. The van der Waals surface area contributed by atoms with E-state index in [0.717, 1.165) is 36.3 Å². The quantitative estimate of drug-likeness (QED) is 0.620. The van der Waals surface area contributed by atoms with Gasteiger partial charge in [-0.25, -0.2) is 8.78 Å². The summed E-state index contributed by atoms with van der Waals surface area (Å²) in [7, 11) is 0. The largest absolute Gasteiger partial charge is 0.494 e. The highest BCUT2D eigenvalue weighted by Crippen LogP contribution is 2.35. The Balaban J connectivity index is 1.53. The van der Waals surface area contributed by atoms with Gasteiger partial charge in [-0.05, 0) is 49.6 Å². The number of amides is 2. The van der Waals surface area contributed by atoms with Gasteiger partial charge in [0.2, 0.25) is 5.91 Å². The molecule has 1 aliphatic heterocycles. The third-order valence-corrected chi connectivity index (χ3v) is 5.66. The zero-order valence-corrected chi connectivity index (χ0v) is 18.1. The second-order valence-electron chi connectivity index (χ2n) is 7.76. The normalized spacial score (nSPS) is 15.1. The number of benzene rings is 2. The Morgan fingerprint density at radius 3 is 2.44 bits per heavy atom. The minimum absolute atomic E-state index is 0.0423. The summed E-state index contributed by atoms with van der Waals surface area (Å²) in [5, 5.41) is 5.45. The van der Waals surface area contributed by atoms with Crippen molar-refractivity contribution in [2.45, 2.75) is 31.6 Å². The summed E-state index contributed by atoms with van der Waals surface area (Å²) in [5.74, 6) is -1.81. The number of rotatable bonds is 9. The van der Waals surface area contributed by atoms with Gasteiger partial charge >= 0.3 is 0 Å². The molecule has 2 amide bonds. The number of hydrogen-bond acceptors (Lipinski definition) is 4. The molecular weight excluding hydrogens is 418 g/mol. The fourth-order valence-electron chi connectivity index (χ4n) is 3.82. The van der Waals surface area contributed by atoms with Gasteiger partial charge in [-0.15, -0.1) is 0 Å². The lowest BCUT2D eigenvalue weighted by Gasteiger charge is -2.38. The Labute approximate surface area is 186 Å². The van der Waals surface area contributed by atoms with Crippen molar-refractivity contribution in [2.24, 2.45) is 0 Å². The molecule has 3 rings (SSSR count). The number of hydrogen-bond donors (Lipinski definition) is 2. The Kier molecular flexibility index (Phi) is 8.16. The van der Waals surface area contributed by atoms with E-state index < -0.39 is 17.5 Å². The standard InChI is InChI=1S/C24H28F2N2O4/c1-2-32-19-6-3-17(4-7-19)24(10-13-31-14-11-24)16-28-22(29)9-12-27-23(30)20-8-5-18(25)15-21(20)26/h3-8,15H,2,9-14,16H2,1H3,(H,27,30)(H,28,29). The van der Waals surface area contributed by atoms with Gasteiger partial charge in [0.15, 0.2) is 0 Å². The van der Waals surface area contributed by atoms with Crippen molar-refractivity contribution in [2.75, 3.05) is 32.9 Å². The summed E-state index contributed by atoms with van der Waals surface area (Å²) < 4.78 is 37.7. The highest BCUT2D eigenvalue weighted by atomic mass is 19.1.